The molecule has 6 heteroatoms. The average Bonchev–Trinajstić information content (AvgIpc) is 2.83. The zero-order valence-corrected chi connectivity index (χ0v) is 13.4. The van der Waals surface area contributed by atoms with Gasteiger partial charge >= 0.3 is 5.97 Å². The molecule has 0 saturated carbocycles. The number of aromatic carboxylic acids is 1. The van der Waals surface area contributed by atoms with Gasteiger partial charge in [0, 0.05) is 6.04 Å². The number of carboxylic acids is 1. The van der Waals surface area contributed by atoms with Gasteiger partial charge in [0.05, 0.1) is 10.5 Å². The molecule has 5 nitrogen and oxygen atoms in total. The largest absolute Gasteiger partial charge is 0.478 e. The predicted molar refractivity (Wildman–Crippen MR) is 85.9 cm³/mol. The SMILES string of the molecule is CC1C[C@@H](NS(=O)(=O)c2ccccc2)c2cc(C(=O)O)ccc21. The number of hydrogen-bond acceptors (Lipinski definition) is 3. The summed E-state index contributed by atoms with van der Waals surface area (Å²) in [5, 5.41) is 9.14. The third-order valence-corrected chi connectivity index (χ3v) is 5.67. The van der Waals surface area contributed by atoms with Crippen LogP contribution >= 0.6 is 0 Å². The van der Waals surface area contributed by atoms with Gasteiger partial charge in [-0.25, -0.2) is 17.9 Å². The quantitative estimate of drug-likeness (QED) is 0.902. The van der Waals surface area contributed by atoms with E-state index in [0.29, 0.717) is 6.42 Å². The molecule has 0 saturated heterocycles. The van der Waals surface area contributed by atoms with Gasteiger partial charge in [-0.05, 0) is 47.7 Å². The van der Waals surface area contributed by atoms with Gasteiger partial charge in [0.15, 0.2) is 0 Å². The molecule has 0 spiro atoms. The van der Waals surface area contributed by atoms with Gasteiger partial charge < -0.3 is 5.11 Å². The number of hydrogen-bond donors (Lipinski definition) is 2. The summed E-state index contributed by atoms with van der Waals surface area (Å²) >= 11 is 0. The van der Waals surface area contributed by atoms with Crippen LogP contribution in [-0.2, 0) is 10.0 Å². The lowest BCUT2D eigenvalue weighted by Crippen LogP contribution is -2.27. The van der Waals surface area contributed by atoms with E-state index in [9.17, 15) is 13.2 Å². The van der Waals surface area contributed by atoms with Crippen molar-refractivity contribution in [1.82, 2.24) is 4.72 Å². The average molecular weight is 331 g/mol. The van der Waals surface area contributed by atoms with Gasteiger partial charge in [-0.3, -0.25) is 0 Å². The molecular formula is C17H17NO4S. The molecule has 0 aromatic heterocycles. The Bertz CT molecular complexity index is 846. The summed E-state index contributed by atoms with van der Waals surface area (Å²) in [5.41, 5.74) is 1.91. The summed E-state index contributed by atoms with van der Waals surface area (Å²) in [4.78, 5) is 11.4. The zero-order valence-electron chi connectivity index (χ0n) is 12.6. The topological polar surface area (TPSA) is 83.5 Å². The second kappa shape index (κ2) is 5.79. The van der Waals surface area contributed by atoms with E-state index in [1.165, 1.54) is 12.1 Å². The lowest BCUT2D eigenvalue weighted by molar-refractivity contribution is 0.0696. The Kier molecular flexibility index (Phi) is 3.95. The molecule has 1 unspecified atom stereocenters. The number of sulfonamides is 1. The Morgan fingerprint density at radius 3 is 2.48 bits per heavy atom. The van der Waals surface area contributed by atoms with Crippen molar-refractivity contribution in [1.29, 1.82) is 0 Å². The van der Waals surface area contributed by atoms with Gasteiger partial charge in [0.2, 0.25) is 10.0 Å². The monoisotopic (exact) mass is 331 g/mol. The Balaban J connectivity index is 1.95. The van der Waals surface area contributed by atoms with Crippen LogP contribution in [0.5, 0.6) is 0 Å². The van der Waals surface area contributed by atoms with Gasteiger partial charge in [-0.15, -0.1) is 0 Å². The molecule has 23 heavy (non-hydrogen) atoms. The molecule has 0 fully saturated rings. The van der Waals surface area contributed by atoms with Crippen molar-refractivity contribution in [2.24, 2.45) is 0 Å². The first kappa shape index (κ1) is 15.7. The summed E-state index contributed by atoms with van der Waals surface area (Å²) in [6.07, 6.45) is 0.616. The van der Waals surface area contributed by atoms with Crippen LogP contribution in [0.25, 0.3) is 0 Å². The van der Waals surface area contributed by atoms with E-state index in [4.69, 9.17) is 5.11 Å². The van der Waals surface area contributed by atoms with Crippen molar-refractivity contribution < 1.29 is 18.3 Å². The summed E-state index contributed by atoms with van der Waals surface area (Å²) in [6.45, 7) is 2.01. The van der Waals surface area contributed by atoms with Crippen molar-refractivity contribution in [2.75, 3.05) is 0 Å². The van der Waals surface area contributed by atoms with Crippen molar-refractivity contribution in [2.45, 2.75) is 30.2 Å². The van der Waals surface area contributed by atoms with Gasteiger partial charge in [0.25, 0.3) is 0 Å². The summed E-state index contributed by atoms with van der Waals surface area (Å²) < 4.78 is 27.7. The first-order valence-electron chi connectivity index (χ1n) is 7.33. The number of fused-ring (bicyclic) bond motifs is 1. The Morgan fingerprint density at radius 2 is 1.83 bits per heavy atom. The second-order valence-electron chi connectivity index (χ2n) is 5.77. The van der Waals surface area contributed by atoms with E-state index >= 15 is 0 Å². The smallest absolute Gasteiger partial charge is 0.335 e. The summed E-state index contributed by atoms with van der Waals surface area (Å²) in [7, 11) is -3.64. The maximum absolute atomic E-state index is 12.5. The molecular weight excluding hydrogens is 314 g/mol. The number of carboxylic acid groups (broad SMARTS) is 1. The first-order chi connectivity index (χ1) is 10.9. The number of nitrogens with one attached hydrogen (secondary N) is 1. The van der Waals surface area contributed by atoms with E-state index in [1.54, 1.807) is 36.4 Å². The highest BCUT2D eigenvalue weighted by Crippen LogP contribution is 2.41. The fourth-order valence-corrected chi connectivity index (χ4v) is 4.28. The van der Waals surface area contributed by atoms with Crippen LogP contribution in [0.15, 0.2) is 53.4 Å². The minimum absolute atomic E-state index is 0.168. The molecule has 3 rings (SSSR count). The van der Waals surface area contributed by atoms with E-state index in [0.717, 1.165) is 11.1 Å². The maximum Gasteiger partial charge on any atom is 0.335 e. The second-order valence-corrected chi connectivity index (χ2v) is 7.49. The van der Waals surface area contributed by atoms with Crippen molar-refractivity contribution in [3.8, 4) is 0 Å². The number of benzene rings is 2. The lowest BCUT2D eigenvalue weighted by atomic mass is 10.0. The standard InChI is InChI=1S/C17H17NO4S/c1-11-9-16(15-10-12(17(19)20)7-8-14(11)15)18-23(21,22)13-5-3-2-4-6-13/h2-8,10-11,16,18H,9H2,1H3,(H,19,20)/t11?,16-/m1/s1. The molecule has 0 bridgehead atoms. The van der Waals surface area contributed by atoms with Gasteiger partial charge in [-0.1, -0.05) is 31.2 Å². The third kappa shape index (κ3) is 3.00. The fourth-order valence-electron chi connectivity index (χ4n) is 3.03. The van der Waals surface area contributed by atoms with Gasteiger partial charge in [-0.2, -0.15) is 0 Å². The van der Waals surface area contributed by atoms with Crippen molar-refractivity contribution in [3.63, 3.8) is 0 Å². The molecule has 1 aliphatic rings. The molecule has 2 aromatic rings. The van der Waals surface area contributed by atoms with E-state index in [1.807, 2.05) is 6.92 Å². The van der Waals surface area contributed by atoms with Crippen LogP contribution in [0.1, 0.15) is 46.8 Å². The highest BCUT2D eigenvalue weighted by molar-refractivity contribution is 7.89. The molecule has 0 radical (unpaired) electrons. The summed E-state index contributed by atoms with van der Waals surface area (Å²) in [6, 6.07) is 12.7. The molecule has 2 N–H and O–H groups in total. The van der Waals surface area contributed by atoms with E-state index in [-0.39, 0.29) is 16.4 Å². The number of rotatable bonds is 4. The predicted octanol–water partition coefficient (Wildman–Crippen LogP) is 2.91. The van der Waals surface area contributed by atoms with Crippen LogP contribution in [0.3, 0.4) is 0 Å². The van der Waals surface area contributed by atoms with Crippen LogP contribution < -0.4 is 4.72 Å². The molecule has 0 aliphatic heterocycles. The highest BCUT2D eigenvalue weighted by atomic mass is 32.2. The van der Waals surface area contributed by atoms with Crippen LogP contribution in [0, 0.1) is 0 Å². The minimum Gasteiger partial charge on any atom is -0.478 e. The number of carbonyl (C=O) groups is 1. The minimum atomic E-state index is -3.64. The normalized spacial score (nSPS) is 20.2. The first-order valence-corrected chi connectivity index (χ1v) is 8.81. The van der Waals surface area contributed by atoms with Gasteiger partial charge in [0.1, 0.15) is 0 Å². The van der Waals surface area contributed by atoms with Crippen LogP contribution in [0.4, 0.5) is 0 Å². The molecule has 2 aromatic carbocycles. The molecule has 120 valence electrons. The molecule has 1 aliphatic carbocycles. The summed E-state index contributed by atoms with van der Waals surface area (Å²) in [5.74, 6) is -0.840. The molecule has 0 amide bonds. The maximum atomic E-state index is 12.5. The zero-order chi connectivity index (χ0) is 16.6. The Labute approximate surface area is 135 Å². The van der Waals surface area contributed by atoms with Crippen molar-refractivity contribution >= 4 is 16.0 Å². The highest BCUT2D eigenvalue weighted by Gasteiger charge is 2.32. The lowest BCUT2D eigenvalue weighted by Gasteiger charge is -2.15. The molecule has 2 atom stereocenters. The van der Waals surface area contributed by atoms with Crippen molar-refractivity contribution in [3.05, 3.63) is 65.2 Å². The fraction of sp³-hybridized carbons (Fsp3) is 0.235. The Hall–Kier alpha value is -2.18. The van der Waals surface area contributed by atoms with E-state index < -0.39 is 22.0 Å². The van der Waals surface area contributed by atoms with Crippen LogP contribution in [-0.4, -0.2) is 19.5 Å². The van der Waals surface area contributed by atoms with Crippen LogP contribution in [0.2, 0.25) is 0 Å². The third-order valence-electron chi connectivity index (χ3n) is 4.18. The van der Waals surface area contributed by atoms with E-state index in [2.05, 4.69) is 4.72 Å². The molecule has 0 heterocycles. The Morgan fingerprint density at radius 1 is 1.13 bits per heavy atom.